The summed E-state index contributed by atoms with van der Waals surface area (Å²) in [4.78, 5) is 4.55. The number of nitrogens with zero attached hydrogens (tertiary/aromatic N) is 2. The molecule has 1 saturated heterocycles. The van der Waals surface area contributed by atoms with E-state index >= 15 is 0 Å². The van der Waals surface area contributed by atoms with Crippen LogP contribution in [0.2, 0.25) is 0 Å². The molecule has 3 fully saturated rings. The third kappa shape index (κ3) is 1.74. The predicted molar refractivity (Wildman–Crippen MR) is 69.7 cm³/mol. The molecule has 1 aromatic rings. The lowest BCUT2D eigenvalue weighted by Gasteiger charge is -2.52. The number of ether oxygens (including phenoxy) is 1. The van der Waals surface area contributed by atoms with E-state index < -0.39 is 0 Å². The normalized spacial score (nSPS) is 38.9. The van der Waals surface area contributed by atoms with E-state index in [4.69, 9.17) is 10.5 Å². The molecule has 4 atom stereocenters. The second-order valence-corrected chi connectivity index (χ2v) is 6.37. The molecule has 2 aliphatic carbocycles. The molecule has 6 heteroatoms. The molecule has 0 radical (unpaired) electrons. The number of hydrogen-bond donors (Lipinski definition) is 2. The van der Waals surface area contributed by atoms with Gasteiger partial charge in [-0.2, -0.15) is 4.37 Å². The Kier molecular flexibility index (Phi) is 2.56. The van der Waals surface area contributed by atoms with Crippen molar-refractivity contribution in [2.75, 3.05) is 11.9 Å². The van der Waals surface area contributed by atoms with Crippen LogP contribution in [0.4, 0.5) is 5.13 Å². The summed E-state index contributed by atoms with van der Waals surface area (Å²) < 4.78 is 10.2. The van der Waals surface area contributed by atoms with Crippen LogP contribution in [0.25, 0.3) is 0 Å². The van der Waals surface area contributed by atoms with Gasteiger partial charge in [0, 0.05) is 36.0 Å². The molecule has 0 bridgehead atoms. The van der Waals surface area contributed by atoms with E-state index in [1.165, 1.54) is 30.8 Å². The Bertz CT molecular complexity index is 447. The lowest BCUT2D eigenvalue weighted by atomic mass is 9.69. The minimum atomic E-state index is 0.198. The van der Waals surface area contributed by atoms with Gasteiger partial charge in [-0.3, -0.25) is 0 Å². The number of nitrogens with two attached hydrogens (primary N) is 1. The number of hydrogen-bond acceptors (Lipinski definition) is 6. The van der Waals surface area contributed by atoms with E-state index in [-0.39, 0.29) is 18.2 Å². The Morgan fingerprint density at radius 1 is 1.33 bits per heavy atom. The van der Waals surface area contributed by atoms with Gasteiger partial charge in [-0.05, 0) is 25.7 Å². The fourth-order valence-corrected chi connectivity index (χ4v) is 3.76. The van der Waals surface area contributed by atoms with Crippen molar-refractivity contribution in [2.24, 2.45) is 11.7 Å². The van der Waals surface area contributed by atoms with E-state index in [9.17, 15) is 0 Å². The van der Waals surface area contributed by atoms with E-state index in [1.807, 2.05) is 0 Å². The Labute approximate surface area is 110 Å². The molecule has 18 heavy (non-hydrogen) atoms. The average molecular weight is 266 g/mol. The van der Waals surface area contributed by atoms with Gasteiger partial charge in [0.2, 0.25) is 5.13 Å². The highest BCUT2D eigenvalue weighted by molar-refractivity contribution is 7.09. The molecule has 3 N–H and O–H groups in total. The molecule has 2 saturated carbocycles. The summed E-state index contributed by atoms with van der Waals surface area (Å²) in [5.74, 6) is 2.16. The van der Waals surface area contributed by atoms with Crippen molar-refractivity contribution in [3.8, 4) is 0 Å². The van der Waals surface area contributed by atoms with Crippen LogP contribution in [0.3, 0.4) is 0 Å². The Balaban J connectivity index is 1.44. The van der Waals surface area contributed by atoms with Crippen LogP contribution in [0.1, 0.15) is 37.4 Å². The molecule has 4 unspecified atom stereocenters. The third-order valence-electron chi connectivity index (χ3n) is 4.35. The highest BCUT2D eigenvalue weighted by Crippen LogP contribution is 2.41. The van der Waals surface area contributed by atoms with Gasteiger partial charge in [0.05, 0.1) is 12.1 Å². The van der Waals surface area contributed by atoms with Crippen molar-refractivity contribution in [1.29, 1.82) is 0 Å². The first-order valence-corrected chi connectivity index (χ1v) is 7.57. The van der Waals surface area contributed by atoms with Crippen molar-refractivity contribution in [3.05, 3.63) is 5.82 Å². The van der Waals surface area contributed by atoms with Crippen molar-refractivity contribution >= 4 is 16.7 Å². The summed E-state index contributed by atoms with van der Waals surface area (Å²) in [5.41, 5.74) is 6.22. The van der Waals surface area contributed by atoms with Gasteiger partial charge in [0.1, 0.15) is 5.82 Å². The molecular weight excluding hydrogens is 248 g/mol. The van der Waals surface area contributed by atoms with Gasteiger partial charge in [0.25, 0.3) is 0 Å². The second kappa shape index (κ2) is 4.15. The van der Waals surface area contributed by atoms with Crippen molar-refractivity contribution < 1.29 is 4.74 Å². The van der Waals surface area contributed by atoms with Gasteiger partial charge in [-0.1, -0.05) is 0 Å². The Morgan fingerprint density at radius 2 is 2.22 bits per heavy atom. The second-order valence-electron chi connectivity index (χ2n) is 5.62. The average Bonchev–Trinajstić information content (AvgIpc) is 3.15. The molecule has 2 heterocycles. The van der Waals surface area contributed by atoms with Crippen LogP contribution in [0, 0.1) is 5.92 Å². The number of anilines is 1. The Morgan fingerprint density at radius 3 is 3.06 bits per heavy atom. The first kappa shape index (κ1) is 11.1. The van der Waals surface area contributed by atoms with Crippen LogP contribution < -0.4 is 11.1 Å². The fraction of sp³-hybridized carbons (Fsp3) is 0.833. The molecule has 0 amide bonds. The summed E-state index contributed by atoms with van der Waals surface area (Å²) >= 11 is 1.45. The maximum absolute atomic E-state index is 6.22. The molecule has 0 spiro atoms. The molecule has 3 aliphatic rings. The zero-order valence-electron chi connectivity index (χ0n) is 10.2. The number of fused-ring (bicyclic) bond motifs is 1. The van der Waals surface area contributed by atoms with Crippen LogP contribution in [-0.2, 0) is 4.74 Å². The van der Waals surface area contributed by atoms with Gasteiger partial charge >= 0.3 is 0 Å². The van der Waals surface area contributed by atoms with Gasteiger partial charge < -0.3 is 15.8 Å². The topological polar surface area (TPSA) is 73.1 Å². The summed E-state index contributed by atoms with van der Waals surface area (Å²) in [6.07, 6.45) is 5.11. The van der Waals surface area contributed by atoms with Crippen molar-refractivity contribution in [1.82, 2.24) is 9.36 Å². The van der Waals surface area contributed by atoms with E-state index in [1.54, 1.807) is 0 Å². The molecule has 4 rings (SSSR count). The zero-order chi connectivity index (χ0) is 12.1. The third-order valence-corrected chi connectivity index (χ3v) is 5.01. The standard InChI is InChI=1S/C12H18N4OS/c13-8-7-2-1-5-17-10(7)9(8)14-12-15-11(16-18-12)6-3-4-6/h6-10H,1-5,13H2,(H,14,15,16). The van der Waals surface area contributed by atoms with Crippen LogP contribution >= 0.6 is 11.5 Å². The minimum Gasteiger partial charge on any atom is -0.376 e. The van der Waals surface area contributed by atoms with Crippen LogP contribution in [0.5, 0.6) is 0 Å². The fourth-order valence-electron chi connectivity index (χ4n) is 3.07. The number of aromatic nitrogens is 2. The van der Waals surface area contributed by atoms with Gasteiger partial charge in [-0.15, -0.1) is 0 Å². The molecule has 1 aromatic heterocycles. The first-order valence-electron chi connectivity index (χ1n) is 6.80. The van der Waals surface area contributed by atoms with E-state index in [0.717, 1.165) is 24.0 Å². The summed E-state index contributed by atoms with van der Waals surface area (Å²) in [7, 11) is 0. The van der Waals surface area contributed by atoms with Gasteiger partial charge in [-0.25, -0.2) is 4.98 Å². The Hall–Kier alpha value is -0.720. The number of rotatable bonds is 3. The molecule has 5 nitrogen and oxygen atoms in total. The quantitative estimate of drug-likeness (QED) is 0.863. The lowest BCUT2D eigenvalue weighted by molar-refractivity contribution is -0.104. The zero-order valence-corrected chi connectivity index (χ0v) is 11.0. The highest BCUT2D eigenvalue weighted by atomic mass is 32.1. The molecule has 98 valence electrons. The number of nitrogens with one attached hydrogen (secondary N) is 1. The van der Waals surface area contributed by atoms with Crippen molar-refractivity contribution in [2.45, 2.75) is 49.8 Å². The highest BCUT2D eigenvalue weighted by Gasteiger charge is 2.50. The smallest absolute Gasteiger partial charge is 0.202 e. The van der Waals surface area contributed by atoms with Crippen LogP contribution in [-0.4, -0.2) is 34.2 Å². The van der Waals surface area contributed by atoms with Gasteiger partial charge in [0.15, 0.2) is 0 Å². The molecular formula is C12H18N4OS. The first-order chi connectivity index (χ1) is 8.83. The van der Waals surface area contributed by atoms with E-state index in [0.29, 0.717) is 11.8 Å². The lowest BCUT2D eigenvalue weighted by Crippen LogP contribution is -2.69. The monoisotopic (exact) mass is 266 g/mol. The summed E-state index contributed by atoms with van der Waals surface area (Å²) in [6.45, 7) is 0.871. The molecule has 1 aliphatic heterocycles. The maximum atomic E-state index is 6.22. The SMILES string of the molecule is NC1C2CCCOC2C1Nc1nc(C2CC2)ns1. The summed E-state index contributed by atoms with van der Waals surface area (Å²) in [6, 6.07) is 0.416. The van der Waals surface area contributed by atoms with Crippen molar-refractivity contribution in [3.63, 3.8) is 0 Å². The largest absolute Gasteiger partial charge is 0.376 e. The summed E-state index contributed by atoms with van der Waals surface area (Å²) in [5, 5.41) is 4.33. The van der Waals surface area contributed by atoms with Crippen LogP contribution in [0.15, 0.2) is 0 Å². The predicted octanol–water partition coefficient (Wildman–Crippen LogP) is 1.33. The minimum absolute atomic E-state index is 0.198. The molecule has 0 aromatic carbocycles. The van der Waals surface area contributed by atoms with E-state index in [2.05, 4.69) is 14.7 Å². The maximum Gasteiger partial charge on any atom is 0.202 e.